The number of nitrogens with one attached hydrogen (secondary N) is 1. The number of benzene rings is 2. The SMILES string of the molecule is CCOc1ccc(C(=O)NCCc2ccc(C(=O)O)cc2)cc1OC. The molecule has 0 atom stereocenters. The molecule has 132 valence electrons. The van der Waals surface area contributed by atoms with Gasteiger partial charge in [0.1, 0.15) is 0 Å². The van der Waals surface area contributed by atoms with E-state index in [2.05, 4.69) is 5.32 Å². The summed E-state index contributed by atoms with van der Waals surface area (Å²) in [5, 5.41) is 11.7. The lowest BCUT2D eigenvalue weighted by Gasteiger charge is -2.11. The van der Waals surface area contributed by atoms with Crippen molar-refractivity contribution in [1.29, 1.82) is 0 Å². The summed E-state index contributed by atoms with van der Waals surface area (Å²) in [5.41, 5.74) is 1.69. The van der Waals surface area contributed by atoms with Gasteiger partial charge in [-0.05, 0) is 49.2 Å². The van der Waals surface area contributed by atoms with Crippen LogP contribution >= 0.6 is 0 Å². The van der Waals surface area contributed by atoms with E-state index in [4.69, 9.17) is 14.6 Å². The topological polar surface area (TPSA) is 84.9 Å². The molecule has 0 heterocycles. The number of amides is 1. The Kier molecular flexibility index (Phi) is 6.39. The molecule has 6 heteroatoms. The zero-order chi connectivity index (χ0) is 18.2. The van der Waals surface area contributed by atoms with E-state index in [1.54, 1.807) is 42.5 Å². The number of carboxylic acids is 1. The molecule has 25 heavy (non-hydrogen) atoms. The number of hydrogen-bond acceptors (Lipinski definition) is 4. The average molecular weight is 343 g/mol. The molecule has 0 saturated carbocycles. The molecular weight excluding hydrogens is 322 g/mol. The Morgan fingerprint density at radius 2 is 1.72 bits per heavy atom. The average Bonchev–Trinajstić information content (AvgIpc) is 2.62. The molecule has 0 aliphatic carbocycles. The fourth-order valence-corrected chi connectivity index (χ4v) is 2.32. The van der Waals surface area contributed by atoms with Gasteiger partial charge in [0.25, 0.3) is 5.91 Å². The van der Waals surface area contributed by atoms with Crippen LogP contribution in [-0.2, 0) is 6.42 Å². The molecule has 0 fully saturated rings. The zero-order valence-electron chi connectivity index (χ0n) is 14.2. The second-order valence-electron chi connectivity index (χ2n) is 5.31. The first-order valence-corrected chi connectivity index (χ1v) is 7.96. The molecular formula is C19H21NO5. The van der Waals surface area contributed by atoms with Crippen LogP contribution in [0.4, 0.5) is 0 Å². The number of carbonyl (C=O) groups excluding carboxylic acids is 1. The van der Waals surface area contributed by atoms with Gasteiger partial charge in [-0.25, -0.2) is 4.79 Å². The Morgan fingerprint density at radius 3 is 2.32 bits per heavy atom. The summed E-state index contributed by atoms with van der Waals surface area (Å²) in [7, 11) is 1.53. The van der Waals surface area contributed by atoms with Gasteiger partial charge >= 0.3 is 5.97 Å². The van der Waals surface area contributed by atoms with Gasteiger partial charge in [-0.15, -0.1) is 0 Å². The molecule has 1 amide bonds. The summed E-state index contributed by atoms with van der Waals surface area (Å²) in [6.07, 6.45) is 0.611. The van der Waals surface area contributed by atoms with Crippen molar-refractivity contribution in [1.82, 2.24) is 5.32 Å². The summed E-state index contributed by atoms with van der Waals surface area (Å²) in [4.78, 5) is 23.0. The molecule has 0 aliphatic heterocycles. The minimum absolute atomic E-state index is 0.205. The highest BCUT2D eigenvalue weighted by atomic mass is 16.5. The van der Waals surface area contributed by atoms with Gasteiger partial charge < -0.3 is 19.9 Å². The van der Waals surface area contributed by atoms with Crippen molar-refractivity contribution in [3.8, 4) is 11.5 Å². The minimum Gasteiger partial charge on any atom is -0.493 e. The summed E-state index contributed by atoms with van der Waals surface area (Å²) in [6.45, 7) is 2.84. The third-order valence-corrected chi connectivity index (χ3v) is 3.63. The van der Waals surface area contributed by atoms with Crippen molar-refractivity contribution in [2.45, 2.75) is 13.3 Å². The van der Waals surface area contributed by atoms with Gasteiger partial charge in [0.05, 0.1) is 19.3 Å². The van der Waals surface area contributed by atoms with E-state index in [1.807, 2.05) is 6.92 Å². The van der Waals surface area contributed by atoms with E-state index in [-0.39, 0.29) is 11.5 Å². The Bertz CT molecular complexity index is 740. The second kappa shape index (κ2) is 8.73. The Balaban J connectivity index is 1.92. The molecule has 0 aromatic heterocycles. The standard InChI is InChI=1S/C19H21NO5/c1-3-25-16-9-8-15(12-17(16)24-2)18(21)20-11-10-13-4-6-14(7-5-13)19(22)23/h4-9,12H,3,10-11H2,1-2H3,(H,20,21)(H,22,23). The summed E-state index contributed by atoms with van der Waals surface area (Å²) < 4.78 is 10.7. The van der Waals surface area contributed by atoms with Crippen LogP contribution in [0.3, 0.4) is 0 Å². The van der Waals surface area contributed by atoms with Crippen molar-refractivity contribution in [3.05, 3.63) is 59.2 Å². The van der Waals surface area contributed by atoms with Crippen molar-refractivity contribution >= 4 is 11.9 Å². The first-order chi connectivity index (χ1) is 12.0. The number of hydrogen-bond donors (Lipinski definition) is 2. The van der Waals surface area contributed by atoms with Crippen LogP contribution < -0.4 is 14.8 Å². The second-order valence-corrected chi connectivity index (χ2v) is 5.31. The summed E-state index contributed by atoms with van der Waals surface area (Å²) in [6, 6.07) is 11.6. The van der Waals surface area contributed by atoms with Crippen molar-refractivity contribution in [3.63, 3.8) is 0 Å². The molecule has 0 unspecified atom stereocenters. The van der Waals surface area contributed by atoms with Crippen LogP contribution in [0.2, 0.25) is 0 Å². The highest BCUT2D eigenvalue weighted by Crippen LogP contribution is 2.27. The summed E-state index contributed by atoms with van der Waals surface area (Å²) >= 11 is 0. The predicted molar refractivity (Wildman–Crippen MR) is 93.6 cm³/mol. The van der Waals surface area contributed by atoms with E-state index in [1.165, 1.54) is 7.11 Å². The van der Waals surface area contributed by atoms with E-state index >= 15 is 0 Å². The first-order valence-electron chi connectivity index (χ1n) is 7.96. The molecule has 2 aromatic rings. The van der Waals surface area contributed by atoms with E-state index in [0.717, 1.165) is 5.56 Å². The Hall–Kier alpha value is -3.02. The predicted octanol–water partition coefficient (Wildman–Crippen LogP) is 2.76. The third kappa shape index (κ3) is 4.97. The molecule has 0 aliphatic rings. The van der Waals surface area contributed by atoms with Gasteiger partial charge in [-0.1, -0.05) is 12.1 Å². The van der Waals surface area contributed by atoms with Crippen molar-refractivity contribution in [2.24, 2.45) is 0 Å². The first kappa shape index (κ1) is 18.3. The lowest BCUT2D eigenvalue weighted by molar-refractivity contribution is 0.0696. The number of carbonyl (C=O) groups is 2. The summed E-state index contributed by atoms with van der Waals surface area (Å²) in [5.74, 6) is -0.0494. The maximum absolute atomic E-state index is 12.2. The molecule has 0 bridgehead atoms. The molecule has 6 nitrogen and oxygen atoms in total. The van der Waals surface area contributed by atoms with E-state index in [0.29, 0.717) is 36.6 Å². The fraction of sp³-hybridized carbons (Fsp3) is 0.263. The fourth-order valence-electron chi connectivity index (χ4n) is 2.32. The number of aromatic carboxylic acids is 1. The van der Waals surface area contributed by atoms with Crippen LogP contribution in [0.5, 0.6) is 11.5 Å². The molecule has 2 aromatic carbocycles. The number of methoxy groups -OCH3 is 1. The lowest BCUT2D eigenvalue weighted by Crippen LogP contribution is -2.25. The van der Waals surface area contributed by atoms with Gasteiger partial charge in [0.15, 0.2) is 11.5 Å². The largest absolute Gasteiger partial charge is 0.493 e. The zero-order valence-corrected chi connectivity index (χ0v) is 14.2. The Morgan fingerprint density at radius 1 is 1.04 bits per heavy atom. The van der Waals surface area contributed by atoms with Crippen molar-refractivity contribution in [2.75, 3.05) is 20.3 Å². The van der Waals surface area contributed by atoms with Gasteiger partial charge in [0.2, 0.25) is 0 Å². The van der Waals surface area contributed by atoms with E-state index < -0.39 is 5.97 Å². The molecule has 2 rings (SSSR count). The number of ether oxygens (including phenoxy) is 2. The van der Waals surface area contributed by atoms with Gasteiger partial charge in [0, 0.05) is 12.1 Å². The quantitative estimate of drug-likeness (QED) is 0.770. The smallest absolute Gasteiger partial charge is 0.335 e. The lowest BCUT2D eigenvalue weighted by atomic mass is 10.1. The van der Waals surface area contributed by atoms with Crippen LogP contribution in [0.25, 0.3) is 0 Å². The highest BCUT2D eigenvalue weighted by molar-refractivity contribution is 5.94. The maximum Gasteiger partial charge on any atom is 0.335 e. The minimum atomic E-state index is -0.954. The van der Waals surface area contributed by atoms with Crippen LogP contribution in [0.1, 0.15) is 33.2 Å². The highest BCUT2D eigenvalue weighted by Gasteiger charge is 2.11. The van der Waals surface area contributed by atoms with Crippen LogP contribution in [0, 0.1) is 0 Å². The number of rotatable bonds is 8. The van der Waals surface area contributed by atoms with Gasteiger partial charge in [-0.3, -0.25) is 4.79 Å². The number of carboxylic acid groups (broad SMARTS) is 1. The van der Waals surface area contributed by atoms with Crippen LogP contribution in [-0.4, -0.2) is 37.2 Å². The molecule has 0 radical (unpaired) electrons. The molecule has 2 N–H and O–H groups in total. The van der Waals surface area contributed by atoms with Gasteiger partial charge in [-0.2, -0.15) is 0 Å². The maximum atomic E-state index is 12.2. The Labute approximate surface area is 146 Å². The monoisotopic (exact) mass is 343 g/mol. The molecule has 0 spiro atoms. The normalized spacial score (nSPS) is 10.2. The third-order valence-electron chi connectivity index (χ3n) is 3.63. The van der Waals surface area contributed by atoms with E-state index in [9.17, 15) is 9.59 Å². The molecule has 0 saturated heterocycles. The van der Waals surface area contributed by atoms with Crippen LogP contribution in [0.15, 0.2) is 42.5 Å². The van der Waals surface area contributed by atoms with Crippen molar-refractivity contribution < 1.29 is 24.2 Å².